The minimum absolute atomic E-state index is 0.319. The highest BCUT2D eigenvalue weighted by Crippen LogP contribution is 2.11. The maximum absolute atomic E-state index is 11.2. The molecule has 1 rings (SSSR count). The number of nitrogens with two attached hydrogens (primary N) is 1. The van der Waals surface area contributed by atoms with Crippen LogP contribution in [0.15, 0.2) is 0 Å². The fourth-order valence-electron chi connectivity index (χ4n) is 1.76. The van der Waals surface area contributed by atoms with Gasteiger partial charge in [-0.2, -0.15) is 0 Å². The van der Waals surface area contributed by atoms with Gasteiger partial charge in [-0.25, -0.2) is 8.42 Å². The van der Waals surface area contributed by atoms with Crippen LogP contribution < -0.4 is 5.73 Å². The van der Waals surface area contributed by atoms with Crippen LogP contribution >= 0.6 is 0 Å². The quantitative estimate of drug-likeness (QED) is 0.715. The molecule has 0 aromatic carbocycles. The summed E-state index contributed by atoms with van der Waals surface area (Å²) in [4.78, 5) is 2.25. The Labute approximate surface area is 86.4 Å². The molecule has 84 valence electrons. The Hall–Kier alpha value is -0.130. The SMILES string of the molecule is CC(CCCN)N1CCS(=O)(=O)CC1. The van der Waals surface area contributed by atoms with Crippen molar-refractivity contribution in [2.45, 2.75) is 25.8 Å². The lowest BCUT2D eigenvalue weighted by atomic mass is 10.1. The van der Waals surface area contributed by atoms with Gasteiger partial charge in [-0.05, 0) is 26.3 Å². The molecule has 0 spiro atoms. The molecule has 0 aromatic heterocycles. The van der Waals surface area contributed by atoms with E-state index >= 15 is 0 Å². The highest BCUT2D eigenvalue weighted by Gasteiger charge is 2.24. The van der Waals surface area contributed by atoms with Gasteiger partial charge in [0.25, 0.3) is 0 Å². The van der Waals surface area contributed by atoms with E-state index in [0.717, 1.165) is 19.4 Å². The van der Waals surface area contributed by atoms with E-state index in [-0.39, 0.29) is 0 Å². The van der Waals surface area contributed by atoms with Gasteiger partial charge in [-0.15, -0.1) is 0 Å². The second-order valence-electron chi connectivity index (χ2n) is 3.97. The van der Waals surface area contributed by atoms with Gasteiger partial charge in [-0.1, -0.05) is 0 Å². The number of hydrogen-bond donors (Lipinski definition) is 1. The molecule has 1 unspecified atom stereocenters. The summed E-state index contributed by atoms with van der Waals surface area (Å²) in [6.07, 6.45) is 2.08. The Morgan fingerprint density at radius 1 is 1.36 bits per heavy atom. The molecule has 0 saturated carbocycles. The summed E-state index contributed by atoms with van der Waals surface area (Å²) in [5, 5.41) is 0. The van der Waals surface area contributed by atoms with Crippen molar-refractivity contribution in [3.05, 3.63) is 0 Å². The van der Waals surface area contributed by atoms with E-state index in [0.29, 0.717) is 30.6 Å². The Kier molecular flexibility index (Phi) is 4.34. The van der Waals surface area contributed by atoms with Crippen molar-refractivity contribution in [1.29, 1.82) is 0 Å². The molecule has 14 heavy (non-hydrogen) atoms. The second kappa shape index (κ2) is 5.09. The second-order valence-corrected chi connectivity index (χ2v) is 6.27. The summed E-state index contributed by atoms with van der Waals surface area (Å²) in [6.45, 7) is 4.24. The van der Waals surface area contributed by atoms with Crippen molar-refractivity contribution in [1.82, 2.24) is 4.90 Å². The molecule has 1 fully saturated rings. The third kappa shape index (κ3) is 3.55. The summed E-state index contributed by atoms with van der Waals surface area (Å²) < 4.78 is 22.4. The zero-order chi connectivity index (χ0) is 10.6. The number of sulfone groups is 1. The first-order valence-electron chi connectivity index (χ1n) is 5.20. The maximum Gasteiger partial charge on any atom is 0.152 e. The van der Waals surface area contributed by atoms with Crippen molar-refractivity contribution in [2.75, 3.05) is 31.1 Å². The van der Waals surface area contributed by atoms with E-state index in [1.54, 1.807) is 0 Å². The van der Waals surface area contributed by atoms with Crippen molar-refractivity contribution < 1.29 is 8.42 Å². The van der Waals surface area contributed by atoms with Gasteiger partial charge in [0.1, 0.15) is 0 Å². The van der Waals surface area contributed by atoms with Gasteiger partial charge in [-0.3, -0.25) is 4.90 Å². The number of rotatable bonds is 4. The summed E-state index contributed by atoms with van der Waals surface area (Å²) >= 11 is 0. The van der Waals surface area contributed by atoms with Crippen LogP contribution in [0.2, 0.25) is 0 Å². The lowest BCUT2D eigenvalue weighted by Crippen LogP contribution is -2.45. The standard InChI is InChI=1S/C9H20N2O2S/c1-9(3-2-4-10)11-5-7-14(12,13)8-6-11/h9H,2-8,10H2,1H3. The molecule has 0 amide bonds. The molecule has 0 aromatic rings. The van der Waals surface area contributed by atoms with Crippen molar-refractivity contribution >= 4 is 9.84 Å². The van der Waals surface area contributed by atoms with Crippen LogP contribution in [0.25, 0.3) is 0 Å². The molecule has 1 saturated heterocycles. The van der Waals surface area contributed by atoms with Gasteiger partial charge >= 0.3 is 0 Å². The minimum atomic E-state index is -2.74. The third-order valence-electron chi connectivity index (χ3n) is 2.83. The van der Waals surface area contributed by atoms with Crippen molar-refractivity contribution in [3.8, 4) is 0 Å². The molecule has 5 heteroatoms. The molecule has 2 N–H and O–H groups in total. The van der Waals surface area contributed by atoms with Crippen LogP contribution in [-0.4, -0.2) is 50.5 Å². The first-order chi connectivity index (χ1) is 6.55. The Balaban J connectivity index is 2.34. The van der Waals surface area contributed by atoms with E-state index in [1.165, 1.54) is 0 Å². The lowest BCUT2D eigenvalue weighted by molar-refractivity contribution is 0.214. The van der Waals surface area contributed by atoms with Gasteiger partial charge in [0, 0.05) is 19.1 Å². The normalized spacial score (nSPS) is 24.7. The maximum atomic E-state index is 11.2. The Bertz CT molecular complexity index is 250. The monoisotopic (exact) mass is 220 g/mol. The molecule has 1 aliphatic rings. The fraction of sp³-hybridized carbons (Fsp3) is 1.00. The first kappa shape index (κ1) is 11.9. The molecule has 4 nitrogen and oxygen atoms in total. The summed E-state index contributed by atoms with van der Waals surface area (Å²) in [5.41, 5.74) is 5.44. The molecule has 0 bridgehead atoms. The van der Waals surface area contributed by atoms with Crippen LogP contribution in [0.5, 0.6) is 0 Å². The molecule has 1 aliphatic heterocycles. The predicted octanol–water partition coefficient (Wildman–Crippen LogP) is -0.156. The highest BCUT2D eigenvalue weighted by atomic mass is 32.2. The van der Waals surface area contributed by atoms with Crippen molar-refractivity contribution in [3.63, 3.8) is 0 Å². The number of nitrogens with zero attached hydrogens (tertiary/aromatic N) is 1. The van der Waals surface area contributed by atoms with E-state index in [9.17, 15) is 8.42 Å². The topological polar surface area (TPSA) is 63.4 Å². The average Bonchev–Trinajstić information content (AvgIpc) is 2.14. The van der Waals surface area contributed by atoms with Gasteiger partial charge < -0.3 is 5.73 Å². The molecule has 1 heterocycles. The third-order valence-corrected chi connectivity index (χ3v) is 4.44. The molecule has 0 aliphatic carbocycles. The first-order valence-corrected chi connectivity index (χ1v) is 7.02. The summed E-state index contributed by atoms with van der Waals surface area (Å²) in [5.74, 6) is 0.639. The lowest BCUT2D eigenvalue weighted by Gasteiger charge is -2.32. The van der Waals surface area contributed by atoms with Gasteiger partial charge in [0.15, 0.2) is 9.84 Å². The smallest absolute Gasteiger partial charge is 0.152 e. The van der Waals surface area contributed by atoms with E-state index in [4.69, 9.17) is 5.73 Å². The van der Waals surface area contributed by atoms with Crippen LogP contribution in [0.4, 0.5) is 0 Å². The number of hydrogen-bond acceptors (Lipinski definition) is 4. The zero-order valence-electron chi connectivity index (χ0n) is 8.78. The molecular weight excluding hydrogens is 200 g/mol. The average molecular weight is 220 g/mol. The van der Waals surface area contributed by atoms with Gasteiger partial charge in [0.05, 0.1) is 11.5 Å². The molecular formula is C9H20N2O2S. The fourth-order valence-corrected chi connectivity index (χ4v) is 2.99. The summed E-state index contributed by atoms with van der Waals surface area (Å²) in [7, 11) is -2.74. The molecule has 1 atom stereocenters. The van der Waals surface area contributed by atoms with Crippen LogP contribution in [0.1, 0.15) is 19.8 Å². The Morgan fingerprint density at radius 2 is 1.93 bits per heavy atom. The van der Waals surface area contributed by atoms with Crippen molar-refractivity contribution in [2.24, 2.45) is 5.73 Å². The van der Waals surface area contributed by atoms with Crippen LogP contribution in [0.3, 0.4) is 0 Å². The Morgan fingerprint density at radius 3 is 2.43 bits per heavy atom. The zero-order valence-corrected chi connectivity index (χ0v) is 9.59. The van der Waals surface area contributed by atoms with Crippen LogP contribution in [-0.2, 0) is 9.84 Å². The van der Waals surface area contributed by atoms with E-state index < -0.39 is 9.84 Å². The predicted molar refractivity (Wildman–Crippen MR) is 58.0 cm³/mol. The minimum Gasteiger partial charge on any atom is -0.330 e. The van der Waals surface area contributed by atoms with E-state index in [2.05, 4.69) is 11.8 Å². The van der Waals surface area contributed by atoms with Crippen LogP contribution in [0, 0.1) is 0 Å². The van der Waals surface area contributed by atoms with E-state index in [1.807, 2.05) is 0 Å². The highest BCUT2D eigenvalue weighted by molar-refractivity contribution is 7.91. The van der Waals surface area contributed by atoms with Gasteiger partial charge in [0.2, 0.25) is 0 Å². The summed E-state index contributed by atoms with van der Waals surface area (Å²) in [6, 6.07) is 0.467. The molecule has 0 radical (unpaired) electrons. The largest absolute Gasteiger partial charge is 0.330 e.